The molecule has 0 radical (unpaired) electrons. The van der Waals surface area contributed by atoms with Crippen LogP contribution in [-0.2, 0) is 6.42 Å². The van der Waals surface area contributed by atoms with Gasteiger partial charge in [0, 0.05) is 11.6 Å². The molecule has 20 heavy (non-hydrogen) atoms. The van der Waals surface area contributed by atoms with E-state index in [2.05, 4.69) is 21.7 Å². The molecule has 0 aromatic carbocycles. The Kier molecular flexibility index (Phi) is 4.79. The Balaban J connectivity index is 1.65. The van der Waals surface area contributed by atoms with Gasteiger partial charge in [-0.25, -0.2) is 0 Å². The number of nitrogens with two attached hydrogens (primary N) is 1. The van der Waals surface area contributed by atoms with Crippen molar-refractivity contribution in [3.05, 3.63) is 22.4 Å². The highest BCUT2D eigenvalue weighted by Gasteiger charge is 2.44. The van der Waals surface area contributed by atoms with Crippen LogP contribution in [0.25, 0.3) is 0 Å². The van der Waals surface area contributed by atoms with E-state index in [9.17, 15) is 0 Å². The number of rotatable bonds is 5. The van der Waals surface area contributed by atoms with Crippen LogP contribution in [0.4, 0.5) is 0 Å². The van der Waals surface area contributed by atoms with Crippen LogP contribution in [0.5, 0.6) is 0 Å². The summed E-state index contributed by atoms with van der Waals surface area (Å²) in [4.78, 5) is 2.77. The lowest BCUT2D eigenvalue weighted by Crippen LogP contribution is -2.59. The van der Waals surface area contributed by atoms with Crippen molar-refractivity contribution in [2.24, 2.45) is 5.73 Å². The number of nitrogens with zero attached hydrogens (tertiary/aromatic N) is 1. The number of likely N-dealkylation sites (tertiary alicyclic amines) is 1. The van der Waals surface area contributed by atoms with E-state index in [4.69, 9.17) is 5.73 Å². The molecular weight excluding hydrogens is 264 g/mol. The third-order valence-corrected chi connectivity index (χ3v) is 6.20. The van der Waals surface area contributed by atoms with Crippen LogP contribution in [0.15, 0.2) is 16.8 Å². The lowest BCUT2D eigenvalue weighted by Gasteiger charge is -2.47. The lowest BCUT2D eigenvalue weighted by atomic mass is 9.82. The predicted molar refractivity (Wildman–Crippen MR) is 87.2 cm³/mol. The molecule has 1 aliphatic carbocycles. The Morgan fingerprint density at radius 3 is 2.55 bits per heavy atom. The summed E-state index contributed by atoms with van der Waals surface area (Å²) < 4.78 is 0. The Hall–Kier alpha value is -0.380. The van der Waals surface area contributed by atoms with Crippen LogP contribution in [0.2, 0.25) is 0 Å². The van der Waals surface area contributed by atoms with Gasteiger partial charge in [0.2, 0.25) is 0 Å². The minimum Gasteiger partial charge on any atom is -0.326 e. The normalized spacial score (nSPS) is 24.9. The number of thiophene rings is 1. The van der Waals surface area contributed by atoms with E-state index < -0.39 is 0 Å². The van der Waals surface area contributed by atoms with Crippen molar-refractivity contribution in [1.29, 1.82) is 0 Å². The molecule has 2 fully saturated rings. The fraction of sp³-hybridized carbons (Fsp3) is 0.765. The predicted octanol–water partition coefficient (Wildman–Crippen LogP) is 3.81. The minimum atomic E-state index is 0.330. The zero-order chi connectivity index (χ0) is 13.8. The largest absolute Gasteiger partial charge is 0.326 e. The molecule has 2 heterocycles. The van der Waals surface area contributed by atoms with E-state index in [-0.39, 0.29) is 0 Å². The van der Waals surface area contributed by atoms with E-state index in [1.165, 1.54) is 63.6 Å². The molecule has 1 aromatic heterocycles. The molecular formula is C17H28N2S. The van der Waals surface area contributed by atoms with Gasteiger partial charge in [0.1, 0.15) is 0 Å². The molecule has 3 rings (SSSR count). The minimum absolute atomic E-state index is 0.330. The van der Waals surface area contributed by atoms with Crippen molar-refractivity contribution >= 4 is 11.3 Å². The molecule has 0 bridgehead atoms. The fourth-order valence-corrected chi connectivity index (χ4v) is 4.98. The van der Waals surface area contributed by atoms with Gasteiger partial charge < -0.3 is 5.73 Å². The van der Waals surface area contributed by atoms with Gasteiger partial charge in [-0.2, -0.15) is 11.3 Å². The van der Waals surface area contributed by atoms with Gasteiger partial charge in [-0.1, -0.05) is 19.3 Å². The number of hydrogen-bond acceptors (Lipinski definition) is 3. The summed E-state index contributed by atoms with van der Waals surface area (Å²) in [6, 6.07) is 2.60. The molecule has 112 valence electrons. The van der Waals surface area contributed by atoms with Gasteiger partial charge in [-0.15, -0.1) is 0 Å². The van der Waals surface area contributed by atoms with Crippen LogP contribution in [-0.4, -0.2) is 29.6 Å². The first-order chi connectivity index (χ1) is 9.81. The Bertz CT molecular complexity index is 389. The quantitative estimate of drug-likeness (QED) is 0.894. The standard InChI is InChI=1S/C17H28N2S/c18-16(7-6-15-8-13-20-14-15)17(9-2-3-10-17)19-11-4-1-5-12-19/h8,13-14,16H,1-7,9-12,18H2. The first-order valence-corrected chi connectivity index (χ1v) is 9.27. The molecule has 1 atom stereocenters. The fourth-order valence-electron chi connectivity index (χ4n) is 4.27. The van der Waals surface area contributed by atoms with Crippen molar-refractivity contribution in [3.63, 3.8) is 0 Å². The van der Waals surface area contributed by atoms with Crippen molar-refractivity contribution in [1.82, 2.24) is 4.90 Å². The maximum Gasteiger partial charge on any atom is 0.0360 e. The van der Waals surface area contributed by atoms with Crippen molar-refractivity contribution < 1.29 is 0 Å². The molecule has 0 spiro atoms. The van der Waals surface area contributed by atoms with E-state index in [0.29, 0.717) is 11.6 Å². The molecule has 1 aliphatic heterocycles. The van der Waals surface area contributed by atoms with Gasteiger partial charge >= 0.3 is 0 Å². The lowest BCUT2D eigenvalue weighted by molar-refractivity contribution is 0.0459. The molecule has 2 aliphatic rings. The highest BCUT2D eigenvalue weighted by molar-refractivity contribution is 7.07. The van der Waals surface area contributed by atoms with Gasteiger partial charge in [-0.05, 0) is 74.0 Å². The molecule has 2 nitrogen and oxygen atoms in total. The highest BCUT2D eigenvalue weighted by atomic mass is 32.1. The second-order valence-electron chi connectivity index (χ2n) is 6.64. The maximum atomic E-state index is 6.72. The van der Waals surface area contributed by atoms with Gasteiger partial charge in [0.15, 0.2) is 0 Å². The van der Waals surface area contributed by atoms with E-state index in [1.54, 1.807) is 11.3 Å². The monoisotopic (exact) mass is 292 g/mol. The summed E-state index contributed by atoms with van der Waals surface area (Å²) in [6.45, 7) is 2.57. The molecule has 3 heteroatoms. The van der Waals surface area contributed by atoms with Gasteiger partial charge in [0.05, 0.1) is 0 Å². The molecule has 0 amide bonds. The number of piperidine rings is 1. The number of aryl methyl sites for hydroxylation is 1. The van der Waals surface area contributed by atoms with Crippen molar-refractivity contribution in [2.75, 3.05) is 13.1 Å². The maximum absolute atomic E-state index is 6.72. The third kappa shape index (κ3) is 2.95. The second kappa shape index (κ2) is 6.59. The molecule has 1 saturated carbocycles. The summed E-state index contributed by atoms with van der Waals surface area (Å²) in [5, 5.41) is 4.45. The first-order valence-electron chi connectivity index (χ1n) is 8.33. The summed E-state index contributed by atoms with van der Waals surface area (Å²) >= 11 is 1.80. The van der Waals surface area contributed by atoms with E-state index in [0.717, 1.165) is 12.8 Å². The van der Waals surface area contributed by atoms with Gasteiger partial charge in [-0.3, -0.25) is 4.90 Å². The average molecular weight is 292 g/mol. The van der Waals surface area contributed by atoms with E-state index in [1.807, 2.05) is 0 Å². The van der Waals surface area contributed by atoms with Crippen molar-refractivity contribution in [3.8, 4) is 0 Å². The van der Waals surface area contributed by atoms with Gasteiger partial charge in [0.25, 0.3) is 0 Å². The topological polar surface area (TPSA) is 29.3 Å². The summed E-state index contributed by atoms with van der Waals surface area (Å²) in [6.07, 6.45) is 11.9. The molecule has 1 aromatic rings. The Morgan fingerprint density at radius 1 is 1.15 bits per heavy atom. The summed E-state index contributed by atoms with van der Waals surface area (Å²) in [7, 11) is 0. The highest BCUT2D eigenvalue weighted by Crippen LogP contribution is 2.40. The Labute approximate surface area is 127 Å². The second-order valence-corrected chi connectivity index (χ2v) is 7.42. The zero-order valence-electron chi connectivity index (χ0n) is 12.5. The average Bonchev–Trinajstić information content (AvgIpc) is 3.18. The van der Waals surface area contributed by atoms with Crippen LogP contribution in [0.1, 0.15) is 56.9 Å². The van der Waals surface area contributed by atoms with Crippen LogP contribution in [0, 0.1) is 0 Å². The third-order valence-electron chi connectivity index (χ3n) is 5.47. The zero-order valence-corrected chi connectivity index (χ0v) is 13.3. The van der Waals surface area contributed by atoms with Crippen LogP contribution < -0.4 is 5.73 Å². The molecule has 1 saturated heterocycles. The summed E-state index contributed by atoms with van der Waals surface area (Å²) in [5.74, 6) is 0. The smallest absolute Gasteiger partial charge is 0.0360 e. The molecule has 1 unspecified atom stereocenters. The van der Waals surface area contributed by atoms with E-state index >= 15 is 0 Å². The SMILES string of the molecule is NC(CCc1ccsc1)C1(N2CCCCC2)CCCC1. The number of hydrogen-bond donors (Lipinski definition) is 1. The van der Waals surface area contributed by atoms with Crippen LogP contribution >= 0.6 is 11.3 Å². The van der Waals surface area contributed by atoms with Crippen LogP contribution in [0.3, 0.4) is 0 Å². The van der Waals surface area contributed by atoms with Crippen molar-refractivity contribution in [2.45, 2.75) is 69.4 Å². The molecule has 2 N–H and O–H groups in total. The first kappa shape index (κ1) is 14.6. The summed E-state index contributed by atoms with van der Waals surface area (Å²) in [5.41, 5.74) is 8.52. The Morgan fingerprint density at radius 2 is 1.90 bits per heavy atom.